The Hall–Kier alpha value is -3.59. The summed E-state index contributed by atoms with van der Waals surface area (Å²) >= 11 is 0. The normalized spacial score (nSPS) is 18.1. The monoisotopic (exact) mass is 550 g/mol. The second-order valence-corrected chi connectivity index (χ2v) is 10.7. The summed E-state index contributed by atoms with van der Waals surface area (Å²) in [6.07, 6.45) is 5.22. The van der Waals surface area contributed by atoms with Crippen molar-refractivity contribution in [1.29, 1.82) is 0 Å². The van der Waals surface area contributed by atoms with Gasteiger partial charge in [0.2, 0.25) is 17.7 Å². The fourth-order valence-electron chi connectivity index (χ4n) is 5.79. The summed E-state index contributed by atoms with van der Waals surface area (Å²) in [5.41, 5.74) is 1.83. The van der Waals surface area contributed by atoms with Crippen molar-refractivity contribution in [1.82, 2.24) is 9.80 Å². The molecule has 0 bridgehead atoms. The number of anilines is 2. The van der Waals surface area contributed by atoms with Gasteiger partial charge in [0.15, 0.2) is 0 Å². The highest BCUT2D eigenvalue weighted by Crippen LogP contribution is 2.39. The van der Waals surface area contributed by atoms with E-state index < -0.39 is 5.41 Å². The maximum atomic E-state index is 13.9. The van der Waals surface area contributed by atoms with Gasteiger partial charge in [0.1, 0.15) is 18.1 Å². The lowest BCUT2D eigenvalue weighted by molar-refractivity contribution is -0.146. The largest absolute Gasteiger partial charge is 0.497 e. The van der Waals surface area contributed by atoms with Gasteiger partial charge in [-0.1, -0.05) is 24.6 Å². The van der Waals surface area contributed by atoms with Gasteiger partial charge in [0.05, 0.1) is 37.0 Å². The lowest BCUT2D eigenvalue weighted by atomic mass is 9.73. The van der Waals surface area contributed by atoms with Crippen LogP contribution in [0.5, 0.6) is 11.5 Å². The number of piperidine rings is 1. The molecule has 2 aromatic carbocycles. The summed E-state index contributed by atoms with van der Waals surface area (Å²) in [4.78, 5) is 42.6. The topological polar surface area (TPSA) is 100 Å². The molecular weight excluding hydrogens is 508 g/mol. The van der Waals surface area contributed by atoms with Crippen LogP contribution < -0.4 is 20.1 Å². The predicted molar refractivity (Wildman–Crippen MR) is 156 cm³/mol. The molecule has 216 valence electrons. The molecule has 4 rings (SSSR count). The van der Waals surface area contributed by atoms with Gasteiger partial charge in [-0.25, -0.2) is 0 Å². The van der Waals surface area contributed by atoms with E-state index in [9.17, 15) is 14.4 Å². The van der Waals surface area contributed by atoms with E-state index in [1.54, 1.807) is 25.3 Å². The van der Waals surface area contributed by atoms with Crippen molar-refractivity contribution in [3.05, 3.63) is 48.0 Å². The van der Waals surface area contributed by atoms with E-state index in [4.69, 9.17) is 9.47 Å². The van der Waals surface area contributed by atoms with Crippen LogP contribution in [0, 0.1) is 5.41 Å². The lowest BCUT2D eigenvalue weighted by Gasteiger charge is -2.43. The van der Waals surface area contributed by atoms with Crippen LogP contribution in [-0.4, -0.2) is 74.0 Å². The van der Waals surface area contributed by atoms with E-state index in [-0.39, 0.29) is 24.3 Å². The SMILES string of the molecule is CCN1CCOc2ccccc2CCCCC2(CCN(CC(=O)Nc3cc(OC)ccc3NC(C)=O)CC2)C1=O. The quantitative estimate of drug-likeness (QED) is 0.556. The first kappa shape index (κ1) is 29.4. The average molecular weight is 551 g/mol. The van der Waals surface area contributed by atoms with Gasteiger partial charge in [-0.05, 0) is 75.9 Å². The highest BCUT2D eigenvalue weighted by molar-refractivity contribution is 5.99. The van der Waals surface area contributed by atoms with Gasteiger partial charge < -0.3 is 25.0 Å². The van der Waals surface area contributed by atoms with E-state index in [1.807, 2.05) is 24.0 Å². The molecule has 0 aromatic heterocycles. The molecule has 1 spiro atoms. The number of methoxy groups -OCH3 is 1. The van der Waals surface area contributed by atoms with Gasteiger partial charge >= 0.3 is 0 Å². The molecule has 0 radical (unpaired) electrons. The summed E-state index contributed by atoms with van der Waals surface area (Å²) in [6, 6.07) is 13.3. The number of rotatable bonds is 6. The molecule has 9 heteroatoms. The molecule has 0 unspecified atom stereocenters. The van der Waals surface area contributed by atoms with E-state index in [0.29, 0.717) is 49.9 Å². The second-order valence-electron chi connectivity index (χ2n) is 10.7. The molecule has 3 amide bonds. The number of nitrogens with zero attached hydrogens (tertiary/aromatic N) is 2. The average Bonchev–Trinajstić information content (AvgIpc) is 2.95. The number of likely N-dealkylation sites (tertiary alicyclic amines) is 1. The molecule has 2 heterocycles. The predicted octanol–water partition coefficient (Wildman–Crippen LogP) is 4.33. The summed E-state index contributed by atoms with van der Waals surface area (Å²) in [5, 5.41) is 5.67. The number of carbonyl (C=O) groups is 3. The Labute approximate surface area is 237 Å². The molecule has 0 atom stereocenters. The van der Waals surface area contributed by atoms with Crippen LogP contribution in [0.3, 0.4) is 0 Å². The Morgan fingerprint density at radius 1 is 1.00 bits per heavy atom. The number of carbonyl (C=O) groups excluding carboxylic acids is 3. The molecule has 2 N–H and O–H groups in total. The van der Waals surface area contributed by atoms with E-state index in [2.05, 4.69) is 27.7 Å². The first-order chi connectivity index (χ1) is 19.3. The van der Waals surface area contributed by atoms with Crippen molar-refractivity contribution >= 4 is 29.1 Å². The van der Waals surface area contributed by atoms with Gasteiger partial charge in [-0.15, -0.1) is 0 Å². The molecule has 2 aliphatic heterocycles. The minimum Gasteiger partial charge on any atom is -0.497 e. The molecule has 9 nitrogen and oxygen atoms in total. The Bertz CT molecular complexity index is 1190. The van der Waals surface area contributed by atoms with Crippen LogP contribution in [0.2, 0.25) is 0 Å². The highest BCUT2D eigenvalue weighted by Gasteiger charge is 2.43. The third-order valence-corrected chi connectivity index (χ3v) is 8.06. The Kier molecular flexibility index (Phi) is 10.0. The summed E-state index contributed by atoms with van der Waals surface area (Å²) < 4.78 is 11.4. The minimum absolute atomic E-state index is 0.174. The molecule has 1 fully saturated rings. The Morgan fingerprint density at radius 3 is 2.50 bits per heavy atom. The third kappa shape index (κ3) is 7.33. The zero-order valence-corrected chi connectivity index (χ0v) is 24.0. The fraction of sp³-hybridized carbons (Fsp3) is 0.516. The number of para-hydroxylation sites is 1. The van der Waals surface area contributed by atoms with E-state index in [0.717, 1.165) is 44.3 Å². The zero-order valence-electron chi connectivity index (χ0n) is 24.0. The fourth-order valence-corrected chi connectivity index (χ4v) is 5.79. The summed E-state index contributed by atoms with van der Waals surface area (Å²) in [5.74, 6) is 1.33. The van der Waals surface area contributed by atoms with Gasteiger partial charge in [-0.3, -0.25) is 19.3 Å². The van der Waals surface area contributed by atoms with Crippen molar-refractivity contribution in [2.75, 3.05) is 57.1 Å². The third-order valence-electron chi connectivity index (χ3n) is 8.06. The molecule has 1 saturated heterocycles. The van der Waals surface area contributed by atoms with Gasteiger partial charge in [0, 0.05) is 19.5 Å². The number of benzene rings is 2. The second kappa shape index (κ2) is 13.7. The van der Waals surface area contributed by atoms with Crippen molar-refractivity contribution in [2.45, 2.75) is 52.4 Å². The molecule has 0 saturated carbocycles. The first-order valence-electron chi connectivity index (χ1n) is 14.3. The number of amides is 3. The van der Waals surface area contributed by atoms with Gasteiger partial charge in [0.25, 0.3) is 0 Å². The highest BCUT2D eigenvalue weighted by atomic mass is 16.5. The molecule has 0 aliphatic carbocycles. The number of aryl methyl sites for hydroxylation is 1. The van der Waals surface area contributed by atoms with Crippen LogP contribution in [-0.2, 0) is 20.8 Å². The minimum atomic E-state index is -0.410. The van der Waals surface area contributed by atoms with Gasteiger partial charge in [-0.2, -0.15) is 0 Å². The molecule has 2 aromatic rings. The van der Waals surface area contributed by atoms with Crippen LogP contribution in [0.1, 0.15) is 51.5 Å². The number of hydrogen-bond acceptors (Lipinski definition) is 6. The Morgan fingerprint density at radius 2 is 1.77 bits per heavy atom. The number of fused-ring (bicyclic) bond motifs is 1. The summed E-state index contributed by atoms with van der Waals surface area (Å²) in [7, 11) is 1.55. The number of hydrogen-bond donors (Lipinski definition) is 2. The van der Waals surface area contributed by atoms with Crippen molar-refractivity contribution in [2.24, 2.45) is 5.41 Å². The van der Waals surface area contributed by atoms with Crippen LogP contribution in [0.25, 0.3) is 0 Å². The number of nitrogens with one attached hydrogen (secondary N) is 2. The van der Waals surface area contributed by atoms with E-state index >= 15 is 0 Å². The number of ether oxygens (including phenoxy) is 2. The lowest BCUT2D eigenvalue weighted by Crippen LogP contribution is -2.52. The van der Waals surface area contributed by atoms with Crippen molar-refractivity contribution < 1.29 is 23.9 Å². The molecule has 40 heavy (non-hydrogen) atoms. The molecule has 2 aliphatic rings. The van der Waals surface area contributed by atoms with Crippen LogP contribution in [0.15, 0.2) is 42.5 Å². The smallest absolute Gasteiger partial charge is 0.238 e. The maximum Gasteiger partial charge on any atom is 0.238 e. The van der Waals surface area contributed by atoms with Crippen molar-refractivity contribution in [3.8, 4) is 11.5 Å². The van der Waals surface area contributed by atoms with Crippen molar-refractivity contribution in [3.63, 3.8) is 0 Å². The summed E-state index contributed by atoms with van der Waals surface area (Å²) in [6.45, 7) is 6.70. The maximum absolute atomic E-state index is 13.9. The number of likely N-dealkylation sites (N-methyl/N-ethyl adjacent to an activating group) is 1. The Balaban J connectivity index is 1.40. The molecular formula is C31H42N4O5. The van der Waals surface area contributed by atoms with E-state index in [1.165, 1.54) is 12.5 Å². The first-order valence-corrected chi connectivity index (χ1v) is 14.3. The zero-order chi connectivity index (χ0) is 28.5. The van der Waals surface area contributed by atoms with Crippen LogP contribution in [0.4, 0.5) is 11.4 Å². The van der Waals surface area contributed by atoms with Crippen LogP contribution >= 0.6 is 0 Å². The standard InChI is InChI=1S/C31H42N4O5/c1-4-35-19-20-40-28-11-6-5-9-24(28)10-7-8-14-31(30(35)38)15-17-34(18-16-31)22-29(37)33-27-21-25(39-3)12-13-26(27)32-23(2)36/h5-6,9,11-13,21H,4,7-8,10,14-20,22H2,1-3H3,(H,32,36)(H,33,37).